The minimum absolute atomic E-state index is 0.238. The Labute approximate surface area is 170 Å². The lowest BCUT2D eigenvalue weighted by Gasteiger charge is -2.10. The van der Waals surface area contributed by atoms with Crippen LogP contribution < -0.4 is 20.1 Å². The lowest BCUT2D eigenvalue weighted by Crippen LogP contribution is -2.27. The number of nitrogens with zero attached hydrogens (tertiary/aromatic N) is 2. The molecule has 0 radical (unpaired) electrons. The van der Waals surface area contributed by atoms with Crippen molar-refractivity contribution in [1.29, 1.82) is 0 Å². The predicted molar refractivity (Wildman–Crippen MR) is 112 cm³/mol. The van der Waals surface area contributed by atoms with Crippen molar-refractivity contribution in [2.45, 2.75) is 13.3 Å². The smallest absolute Gasteiger partial charge is 0.270 e. The van der Waals surface area contributed by atoms with Gasteiger partial charge in [-0.15, -0.1) is 0 Å². The lowest BCUT2D eigenvalue weighted by molar-refractivity contribution is 0.0949. The number of ether oxygens (including phenoxy) is 2. The number of nitrogens with one attached hydrogen (secondary N) is 2. The van der Waals surface area contributed by atoms with Gasteiger partial charge in [0, 0.05) is 24.4 Å². The first kappa shape index (κ1) is 20.1. The molecule has 150 valence electrons. The van der Waals surface area contributed by atoms with Gasteiger partial charge in [-0.3, -0.25) is 4.79 Å². The number of aryl methyl sites for hydroxylation is 1. The Kier molecular flexibility index (Phi) is 6.63. The molecule has 3 rings (SSSR count). The Morgan fingerprint density at radius 1 is 0.966 bits per heavy atom. The van der Waals surface area contributed by atoms with Crippen LogP contribution in [0.15, 0.2) is 54.6 Å². The van der Waals surface area contributed by atoms with Crippen molar-refractivity contribution in [3.63, 3.8) is 0 Å². The van der Waals surface area contributed by atoms with Crippen LogP contribution >= 0.6 is 0 Å². The van der Waals surface area contributed by atoms with Crippen molar-refractivity contribution in [1.82, 2.24) is 15.3 Å². The van der Waals surface area contributed by atoms with Crippen LogP contribution in [0.2, 0.25) is 0 Å². The van der Waals surface area contributed by atoms with E-state index in [4.69, 9.17) is 9.47 Å². The zero-order valence-electron chi connectivity index (χ0n) is 16.7. The van der Waals surface area contributed by atoms with E-state index in [1.165, 1.54) is 0 Å². The largest absolute Gasteiger partial charge is 0.497 e. The Balaban J connectivity index is 1.62. The Bertz CT molecular complexity index is 974. The van der Waals surface area contributed by atoms with Gasteiger partial charge in [-0.25, -0.2) is 9.97 Å². The van der Waals surface area contributed by atoms with Crippen molar-refractivity contribution < 1.29 is 14.3 Å². The molecule has 7 heteroatoms. The second kappa shape index (κ2) is 9.54. The summed E-state index contributed by atoms with van der Waals surface area (Å²) in [7, 11) is 3.25. The molecule has 3 aromatic rings. The topological polar surface area (TPSA) is 85.4 Å². The highest BCUT2D eigenvalue weighted by atomic mass is 16.5. The fraction of sp³-hybridized carbons (Fsp3) is 0.227. The average Bonchev–Trinajstić information content (AvgIpc) is 2.74. The van der Waals surface area contributed by atoms with Gasteiger partial charge in [0.05, 0.1) is 14.2 Å². The second-order valence-electron chi connectivity index (χ2n) is 6.40. The van der Waals surface area contributed by atoms with Crippen LogP contribution in [0.4, 0.5) is 11.5 Å². The second-order valence-corrected chi connectivity index (χ2v) is 6.40. The molecule has 7 nitrogen and oxygen atoms in total. The molecule has 2 aromatic carbocycles. The monoisotopic (exact) mass is 392 g/mol. The first-order chi connectivity index (χ1) is 14.1. The van der Waals surface area contributed by atoms with Gasteiger partial charge < -0.3 is 20.1 Å². The van der Waals surface area contributed by atoms with Gasteiger partial charge in [-0.2, -0.15) is 0 Å². The molecule has 1 heterocycles. The predicted octanol–water partition coefficient (Wildman–Crippen LogP) is 3.52. The van der Waals surface area contributed by atoms with E-state index < -0.39 is 0 Å². The lowest BCUT2D eigenvalue weighted by atomic mass is 10.1. The molecule has 0 saturated carbocycles. The highest BCUT2D eigenvalue weighted by Crippen LogP contribution is 2.20. The number of rotatable bonds is 8. The van der Waals surface area contributed by atoms with Crippen LogP contribution in [0, 0.1) is 6.92 Å². The van der Waals surface area contributed by atoms with Crippen LogP contribution in [0.3, 0.4) is 0 Å². The number of anilines is 2. The fourth-order valence-corrected chi connectivity index (χ4v) is 2.80. The summed E-state index contributed by atoms with van der Waals surface area (Å²) in [6.45, 7) is 2.26. The normalized spacial score (nSPS) is 10.3. The van der Waals surface area contributed by atoms with E-state index in [0.717, 1.165) is 22.7 Å². The molecule has 1 aromatic heterocycles. The Morgan fingerprint density at radius 2 is 1.72 bits per heavy atom. The number of hydrogen-bond donors (Lipinski definition) is 2. The molecule has 29 heavy (non-hydrogen) atoms. The SMILES string of the molecule is COc1ccc(CCNC(=O)c2cc(Nc3cccc(OC)c3)nc(C)n2)cc1. The molecular formula is C22H24N4O3. The van der Waals surface area contributed by atoms with Crippen molar-refractivity contribution in [3.05, 3.63) is 71.7 Å². The Hall–Kier alpha value is -3.61. The van der Waals surface area contributed by atoms with E-state index in [9.17, 15) is 4.79 Å². The number of amides is 1. The van der Waals surface area contributed by atoms with Crippen molar-refractivity contribution >= 4 is 17.4 Å². The molecule has 0 atom stereocenters. The zero-order chi connectivity index (χ0) is 20.6. The molecule has 0 bridgehead atoms. The summed E-state index contributed by atoms with van der Waals surface area (Å²) in [5.74, 6) is 2.37. The average molecular weight is 392 g/mol. The summed E-state index contributed by atoms with van der Waals surface area (Å²) in [5.41, 5.74) is 2.25. The van der Waals surface area contributed by atoms with Crippen LogP contribution in [0.1, 0.15) is 21.9 Å². The van der Waals surface area contributed by atoms with E-state index >= 15 is 0 Å². The molecule has 0 saturated heterocycles. The molecule has 0 aliphatic heterocycles. The number of hydrogen-bond acceptors (Lipinski definition) is 6. The van der Waals surface area contributed by atoms with E-state index in [1.54, 1.807) is 27.2 Å². The van der Waals surface area contributed by atoms with Crippen molar-refractivity contribution in [2.75, 3.05) is 26.1 Å². The van der Waals surface area contributed by atoms with Gasteiger partial charge in [0.2, 0.25) is 0 Å². The highest BCUT2D eigenvalue weighted by Gasteiger charge is 2.11. The number of methoxy groups -OCH3 is 2. The minimum Gasteiger partial charge on any atom is -0.497 e. The molecule has 0 aliphatic rings. The maximum Gasteiger partial charge on any atom is 0.270 e. The van der Waals surface area contributed by atoms with Crippen LogP contribution in [0.25, 0.3) is 0 Å². The van der Waals surface area contributed by atoms with Gasteiger partial charge >= 0.3 is 0 Å². The highest BCUT2D eigenvalue weighted by molar-refractivity contribution is 5.93. The molecule has 1 amide bonds. The van der Waals surface area contributed by atoms with Crippen molar-refractivity contribution in [2.24, 2.45) is 0 Å². The quantitative estimate of drug-likeness (QED) is 0.610. The molecule has 0 aliphatic carbocycles. The summed E-state index contributed by atoms with van der Waals surface area (Å²) >= 11 is 0. The first-order valence-corrected chi connectivity index (χ1v) is 9.25. The molecule has 0 fully saturated rings. The first-order valence-electron chi connectivity index (χ1n) is 9.25. The summed E-state index contributed by atoms with van der Waals surface area (Å²) in [6, 6.07) is 16.9. The third-order valence-electron chi connectivity index (χ3n) is 4.27. The molecular weight excluding hydrogens is 368 g/mol. The van der Waals surface area contributed by atoms with Gasteiger partial charge in [0.15, 0.2) is 0 Å². The number of carbonyl (C=O) groups is 1. The number of benzene rings is 2. The maximum atomic E-state index is 12.5. The van der Waals surface area contributed by atoms with E-state index in [0.29, 0.717) is 30.3 Å². The minimum atomic E-state index is -0.238. The van der Waals surface area contributed by atoms with E-state index in [2.05, 4.69) is 20.6 Å². The summed E-state index contributed by atoms with van der Waals surface area (Å²) < 4.78 is 10.4. The van der Waals surface area contributed by atoms with Gasteiger partial charge in [0.25, 0.3) is 5.91 Å². The fourth-order valence-electron chi connectivity index (χ4n) is 2.80. The van der Waals surface area contributed by atoms with Gasteiger partial charge in [-0.05, 0) is 43.2 Å². The standard InChI is InChI=1S/C22H24N4O3/c1-15-24-20(14-21(25-15)26-17-5-4-6-19(13-17)29-3)22(27)23-12-11-16-7-9-18(28-2)10-8-16/h4-10,13-14H,11-12H2,1-3H3,(H,23,27)(H,24,25,26). The summed E-state index contributed by atoms with van der Waals surface area (Å²) in [5, 5.41) is 6.09. The third-order valence-corrected chi connectivity index (χ3v) is 4.27. The number of aromatic nitrogens is 2. The Morgan fingerprint density at radius 3 is 2.45 bits per heavy atom. The summed E-state index contributed by atoms with van der Waals surface area (Å²) in [6.07, 6.45) is 0.717. The van der Waals surface area contributed by atoms with Gasteiger partial charge in [-0.1, -0.05) is 18.2 Å². The van der Waals surface area contributed by atoms with Crippen LogP contribution in [0.5, 0.6) is 11.5 Å². The molecule has 0 spiro atoms. The molecule has 2 N–H and O–H groups in total. The van der Waals surface area contributed by atoms with E-state index in [1.807, 2.05) is 48.5 Å². The van der Waals surface area contributed by atoms with Crippen LogP contribution in [-0.2, 0) is 6.42 Å². The van der Waals surface area contributed by atoms with Gasteiger partial charge in [0.1, 0.15) is 28.8 Å². The van der Waals surface area contributed by atoms with E-state index in [-0.39, 0.29) is 5.91 Å². The molecule has 0 unspecified atom stereocenters. The summed E-state index contributed by atoms with van der Waals surface area (Å²) in [4.78, 5) is 21.1. The maximum absolute atomic E-state index is 12.5. The van der Waals surface area contributed by atoms with Crippen molar-refractivity contribution in [3.8, 4) is 11.5 Å². The van der Waals surface area contributed by atoms with Crippen LogP contribution in [-0.4, -0.2) is 36.6 Å². The third kappa shape index (κ3) is 5.68. The number of carbonyl (C=O) groups excluding carboxylic acids is 1. The zero-order valence-corrected chi connectivity index (χ0v) is 16.7.